The molecule has 0 amide bonds. The molecule has 3 nitrogen and oxygen atoms in total. The number of alkyl halides is 3. The van der Waals surface area contributed by atoms with Crippen molar-refractivity contribution in [2.45, 2.75) is 6.18 Å². The lowest BCUT2D eigenvalue weighted by Crippen LogP contribution is -2.09. The lowest BCUT2D eigenvalue weighted by atomic mass is 9.97. The van der Waals surface area contributed by atoms with Gasteiger partial charge in [-0.2, -0.15) is 13.2 Å². The Morgan fingerprint density at radius 2 is 1.71 bits per heavy atom. The van der Waals surface area contributed by atoms with Crippen LogP contribution in [-0.2, 0) is 6.18 Å². The third-order valence-electron chi connectivity index (χ3n) is 2.84. The molecule has 0 radical (unpaired) electrons. The number of aromatic carboxylic acids is 1. The standard InChI is InChI=1S/C14H9ClF3NO2/c15-11-6-9(19)5-10(14(16,17)18)12(11)7-1-3-8(4-2-7)13(20)21/h1-6H,19H2,(H,20,21). The number of nitrogen functional groups attached to an aromatic ring is 1. The second-order valence-corrected chi connectivity index (χ2v) is 4.71. The Morgan fingerprint density at radius 3 is 2.19 bits per heavy atom. The minimum absolute atomic E-state index is 0.0288. The number of benzene rings is 2. The van der Waals surface area contributed by atoms with Gasteiger partial charge in [0.1, 0.15) is 0 Å². The second kappa shape index (κ2) is 5.29. The van der Waals surface area contributed by atoms with E-state index < -0.39 is 17.7 Å². The number of nitrogens with two attached hydrogens (primary N) is 1. The maximum absolute atomic E-state index is 13.1. The number of carboxylic acids is 1. The van der Waals surface area contributed by atoms with Gasteiger partial charge < -0.3 is 10.8 Å². The topological polar surface area (TPSA) is 63.3 Å². The van der Waals surface area contributed by atoms with Gasteiger partial charge in [-0.15, -0.1) is 0 Å². The van der Waals surface area contributed by atoms with Crippen LogP contribution in [-0.4, -0.2) is 11.1 Å². The summed E-state index contributed by atoms with van der Waals surface area (Å²) in [6.45, 7) is 0. The van der Waals surface area contributed by atoms with Crippen molar-refractivity contribution in [2.24, 2.45) is 0 Å². The molecule has 0 fully saturated rings. The van der Waals surface area contributed by atoms with Gasteiger partial charge in [-0.05, 0) is 29.8 Å². The van der Waals surface area contributed by atoms with E-state index in [1.54, 1.807) is 0 Å². The molecule has 3 N–H and O–H groups in total. The van der Waals surface area contributed by atoms with Gasteiger partial charge in [0, 0.05) is 11.3 Å². The van der Waals surface area contributed by atoms with Crippen molar-refractivity contribution in [2.75, 3.05) is 5.73 Å². The smallest absolute Gasteiger partial charge is 0.417 e. The van der Waals surface area contributed by atoms with Crippen LogP contribution in [0.4, 0.5) is 18.9 Å². The number of carboxylic acid groups (broad SMARTS) is 1. The van der Waals surface area contributed by atoms with Gasteiger partial charge in [0.05, 0.1) is 16.1 Å². The van der Waals surface area contributed by atoms with Crippen LogP contribution in [0.1, 0.15) is 15.9 Å². The summed E-state index contributed by atoms with van der Waals surface area (Å²) in [7, 11) is 0. The molecule has 0 bridgehead atoms. The molecule has 2 aromatic carbocycles. The number of carbonyl (C=O) groups is 1. The van der Waals surface area contributed by atoms with E-state index in [1.165, 1.54) is 30.3 Å². The summed E-state index contributed by atoms with van der Waals surface area (Å²) < 4.78 is 39.3. The van der Waals surface area contributed by atoms with E-state index >= 15 is 0 Å². The number of halogens is 4. The van der Waals surface area contributed by atoms with Crippen molar-refractivity contribution in [3.8, 4) is 11.1 Å². The van der Waals surface area contributed by atoms with Crippen LogP contribution in [0.5, 0.6) is 0 Å². The number of hydrogen-bond acceptors (Lipinski definition) is 2. The minimum atomic E-state index is -4.63. The molecule has 0 aliphatic heterocycles. The summed E-state index contributed by atoms with van der Waals surface area (Å²) in [5, 5.41) is 8.65. The summed E-state index contributed by atoms with van der Waals surface area (Å²) in [5.74, 6) is -1.17. The average molecular weight is 316 g/mol. The van der Waals surface area contributed by atoms with Crippen molar-refractivity contribution in [1.29, 1.82) is 0 Å². The number of rotatable bonds is 2. The molecule has 0 unspecified atom stereocenters. The Morgan fingerprint density at radius 1 is 1.14 bits per heavy atom. The van der Waals surface area contributed by atoms with Crippen molar-refractivity contribution in [1.82, 2.24) is 0 Å². The van der Waals surface area contributed by atoms with Gasteiger partial charge in [-0.25, -0.2) is 4.79 Å². The van der Waals surface area contributed by atoms with Crippen LogP contribution in [0.2, 0.25) is 5.02 Å². The van der Waals surface area contributed by atoms with E-state index in [0.29, 0.717) is 0 Å². The van der Waals surface area contributed by atoms with E-state index in [-0.39, 0.29) is 27.4 Å². The number of hydrogen-bond donors (Lipinski definition) is 2. The van der Waals surface area contributed by atoms with Gasteiger partial charge in [0.25, 0.3) is 0 Å². The maximum Gasteiger partial charge on any atom is 0.417 e. The fraction of sp³-hybridized carbons (Fsp3) is 0.0714. The first-order valence-corrected chi connectivity index (χ1v) is 6.08. The van der Waals surface area contributed by atoms with Crippen LogP contribution in [0.3, 0.4) is 0 Å². The summed E-state index contributed by atoms with van der Waals surface area (Å²) in [4.78, 5) is 10.8. The predicted molar refractivity (Wildman–Crippen MR) is 73.3 cm³/mol. The quantitative estimate of drug-likeness (QED) is 0.812. The second-order valence-electron chi connectivity index (χ2n) is 4.31. The van der Waals surface area contributed by atoms with E-state index in [9.17, 15) is 18.0 Å². The zero-order valence-corrected chi connectivity index (χ0v) is 11.2. The fourth-order valence-electron chi connectivity index (χ4n) is 1.92. The Hall–Kier alpha value is -2.21. The normalized spacial score (nSPS) is 11.4. The van der Waals surface area contributed by atoms with Gasteiger partial charge in [0.15, 0.2) is 0 Å². The number of anilines is 1. The summed E-state index contributed by atoms with van der Waals surface area (Å²) in [5.41, 5.74) is 4.25. The molecule has 0 aliphatic rings. The van der Waals surface area contributed by atoms with Gasteiger partial charge in [-0.3, -0.25) is 0 Å². The van der Waals surface area contributed by atoms with Crippen LogP contribution >= 0.6 is 11.6 Å². The summed E-state index contributed by atoms with van der Waals surface area (Å²) in [6, 6.07) is 6.99. The van der Waals surface area contributed by atoms with Crippen molar-refractivity contribution >= 4 is 23.3 Å². The van der Waals surface area contributed by atoms with Crippen LogP contribution in [0, 0.1) is 0 Å². The van der Waals surface area contributed by atoms with E-state index in [4.69, 9.17) is 22.4 Å². The van der Waals surface area contributed by atoms with Crippen LogP contribution in [0.25, 0.3) is 11.1 Å². The monoisotopic (exact) mass is 315 g/mol. The molecule has 0 saturated heterocycles. The van der Waals surface area contributed by atoms with Gasteiger partial charge >= 0.3 is 12.1 Å². The molecule has 0 aliphatic carbocycles. The van der Waals surface area contributed by atoms with E-state index in [0.717, 1.165) is 6.07 Å². The molecule has 0 saturated carbocycles. The average Bonchev–Trinajstić information content (AvgIpc) is 2.37. The molecular formula is C14H9ClF3NO2. The summed E-state index contributed by atoms with van der Waals surface area (Å²) >= 11 is 5.88. The SMILES string of the molecule is Nc1cc(Cl)c(-c2ccc(C(=O)O)cc2)c(C(F)(F)F)c1. The highest BCUT2D eigenvalue weighted by molar-refractivity contribution is 6.33. The first-order valence-electron chi connectivity index (χ1n) is 5.70. The van der Waals surface area contributed by atoms with E-state index in [2.05, 4.69) is 0 Å². The molecule has 0 atom stereocenters. The van der Waals surface area contributed by atoms with Gasteiger partial charge in [-0.1, -0.05) is 23.7 Å². The highest BCUT2D eigenvalue weighted by Crippen LogP contribution is 2.42. The van der Waals surface area contributed by atoms with E-state index in [1.807, 2.05) is 0 Å². The largest absolute Gasteiger partial charge is 0.478 e. The maximum atomic E-state index is 13.1. The molecule has 2 rings (SSSR count). The minimum Gasteiger partial charge on any atom is -0.478 e. The zero-order valence-electron chi connectivity index (χ0n) is 10.4. The van der Waals surface area contributed by atoms with Crippen molar-refractivity contribution in [3.05, 3.63) is 52.5 Å². The molecule has 0 heterocycles. The first kappa shape index (κ1) is 15.2. The van der Waals surface area contributed by atoms with Crippen LogP contribution in [0.15, 0.2) is 36.4 Å². The lowest BCUT2D eigenvalue weighted by Gasteiger charge is -2.15. The molecular weight excluding hydrogens is 307 g/mol. The third kappa shape index (κ3) is 3.11. The highest BCUT2D eigenvalue weighted by atomic mass is 35.5. The Labute approximate surface area is 122 Å². The first-order chi connectivity index (χ1) is 9.70. The lowest BCUT2D eigenvalue weighted by molar-refractivity contribution is -0.137. The summed E-state index contributed by atoms with van der Waals surface area (Å²) in [6.07, 6.45) is -4.63. The van der Waals surface area contributed by atoms with Crippen molar-refractivity contribution in [3.63, 3.8) is 0 Å². The van der Waals surface area contributed by atoms with Crippen molar-refractivity contribution < 1.29 is 23.1 Å². The van der Waals surface area contributed by atoms with Crippen LogP contribution < -0.4 is 5.73 Å². The Kier molecular flexibility index (Phi) is 3.82. The highest BCUT2D eigenvalue weighted by Gasteiger charge is 2.35. The molecule has 110 valence electrons. The molecule has 2 aromatic rings. The predicted octanol–water partition coefficient (Wildman–Crippen LogP) is 4.31. The fourth-order valence-corrected chi connectivity index (χ4v) is 2.26. The zero-order chi connectivity index (χ0) is 15.8. The molecule has 0 spiro atoms. The third-order valence-corrected chi connectivity index (χ3v) is 3.14. The van der Waals surface area contributed by atoms with Gasteiger partial charge in [0.2, 0.25) is 0 Å². The molecule has 7 heteroatoms. The molecule has 21 heavy (non-hydrogen) atoms. The Balaban J connectivity index is 2.65. The molecule has 0 aromatic heterocycles. The Bertz CT molecular complexity index is 697.